The van der Waals surface area contributed by atoms with Gasteiger partial charge in [0.25, 0.3) is 0 Å². The lowest BCUT2D eigenvalue weighted by molar-refractivity contribution is 1.19. The number of nitrogens with zero attached hydrogens (tertiary/aromatic N) is 1. The van der Waals surface area contributed by atoms with E-state index >= 15 is 0 Å². The van der Waals surface area contributed by atoms with E-state index in [1.165, 1.54) is 0 Å². The van der Waals surface area contributed by atoms with E-state index in [9.17, 15) is 0 Å². The first-order valence-electron chi connectivity index (χ1n) is 4.09. The van der Waals surface area contributed by atoms with Crippen LogP contribution in [-0.2, 0) is 0 Å². The minimum Gasteiger partial charge on any atom is -0.241 e. The lowest BCUT2D eigenvalue weighted by atomic mass is 10.2. The molecule has 0 saturated carbocycles. The fraction of sp³-hybridized carbons (Fsp3) is 0.300. The fourth-order valence-corrected chi connectivity index (χ4v) is 1.46. The molecule has 1 nitrogen and oxygen atoms in total. The van der Waals surface area contributed by atoms with Gasteiger partial charge in [-0.15, -0.1) is 0 Å². The first-order valence-corrected chi connectivity index (χ1v) is 5.59. The molecule has 1 aromatic heterocycles. The van der Waals surface area contributed by atoms with E-state index in [1.54, 1.807) is 0 Å². The van der Waals surface area contributed by atoms with Gasteiger partial charge in [-0.3, -0.25) is 0 Å². The molecule has 3 heteroatoms. The maximum Gasteiger partial charge on any atom is 0.136 e. The van der Waals surface area contributed by atoms with Crippen molar-refractivity contribution in [2.75, 3.05) is 5.33 Å². The van der Waals surface area contributed by atoms with E-state index < -0.39 is 0 Å². The van der Waals surface area contributed by atoms with Gasteiger partial charge in [-0.2, -0.15) is 0 Å². The number of allylic oxidation sites excluding steroid dienone is 1. The number of hydrogen-bond donors (Lipinski definition) is 0. The Morgan fingerprint density at radius 3 is 2.92 bits per heavy atom. The summed E-state index contributed by atoms with van der Waals surface area (Å²) in [6.07, 6.45) is 5.08. The molecule has 0 aliphatic heterocycles. The Kier molecular flexibility index (Phi) is 4.46. The summed E-state index contributed by atoms with van der Waals surface area (Å²) in [4.78, 5) is 4.15. The molecule has 0 aliphatic rings. The van der Waals surface area contributed by atoms with Gasteiger partial charge in [0, 0.05) is 16.6 Å². The standard InChI is InChI=1S/C10H11BrClN/c1-8-5-6-9(10(12)13-8)4-2-3-7-11/h2,4-6H,3,7H2,1H3. The molecule has 0 N–H and O–H groups in total. The molecular weight excluding hydrogens is 249 g/mol. The summed E-state index contributed by atoms with van der Waals surface area (Å²) in [5, 5.41) is 1.55. The topological polar surface area (TPSA) is 12.9 Å². The zero-order valence-electron chi connectivity index (χ0n) is 7.43. The van der Waals surface area contributed by atoms with E-state index in [-0.39, 0.29) is 0 Å². The minimum atomic E-state index is 0.575. The molecule has 0 unspecified atom stereocenters. The highest BCUT2D eigenvalue weighted by atomic mass is 79.9. The third-order valence-corrected chi connectivity index (χ3v) is 2.35. The van der Waals surface area contributed by atoms with Gasteiger partial charge in [0.05, 0.1) is 0 Å². The normalized spacial score (nSPS) is 11.0. The van der Waals surface area contributed by atoms with Crippen molar-refractivity contribution < 1.29 is 0 Å². The average molecular weight is 261 g/mol. The Morgan fingerprint density at radius 2 is 2.31 bits per heavy atom. The maximum atomic E-state index is 5.93. The Balaban J connectivity index is 2.77. The SMILES string of the molecule is Cc1ccc(C=CCCBr)c(Cl)n1. The molecule has 70 valence electrons. The lowest BCUT2D eigenvalue weighted by Crippen LogP contribution is -1.84. The number of halogens is 2. The summed E-state index contributed by atoms with van der Waals surface area (Å²) in [7, 11) is 0. The van der Waals surface area contributed by atoms with Crippen molar-refractivity contribution in [1.82, 2.24) is 4.98 Å². The Labute approximate surface area is 92.0 Å². The molecule has 1 rings (SSSR count). The number of rotatable bonds is 3. The fourth-order valence-electron chi connectivity index (χ4n) is 0.933. The number of aromatic nitrogens is 1. The van der Waals surface area contributed by atoms with Gasteiger partial charge in [-0.05, 0) is 19.4 Å². The Bertz CT molecular complexity index is 310. The molecule has 0 aliphatic carbocycles. The van der Waals surface area contributed by atoms with Crippen LogP contribution in [0.25, 0.3) is 6.08 Å². The van der Waals surface area contributed by atoms with Crippen molar-refractivity contribution in [3.63, 3.8) is 0 Å². The zero-order chi connectivity index (χ0) is 9.68. The first kappa shape index (κ1) is 10.7. The smallest absolute Gasteiger partial charge is 0.136 e. The van der Waals surface area contributed by atoms with Gasteiger partial charge in [0.15, 0.2) is 0 Å². The number of hydrogen-bond acceptors (Lipinski definition) is 1. The van der Waals surface area contributed by atoms with Gasteiger partial charge in [-0.25, -0.2) is 4.98 Å². The van der Waals surface area contributed by atoms with Gasteiger partial charge < -0.3 is 0 Å². The van der Waals surface area contributed by atoms with Crippen molar-refractivity contribution in [2.24, 2.45) is 0 Å². The van der Waals surface area contributed by atoms with Crippen LogP contribution in [0.15, 0.2) is 18.2 Å². The monoisotopic (exact) mass is 259 g/mol. The van der Waals surface area contributed by atoms with Crippen molar-refractivity contribution in [1.29, 1.82) is 0 Å². The lowest BCUT2D eigenvalue weighted by Gasteiger charge is -1.98. The number of aryl methyl sites for hydroxylation is 1. The Hall–Kier alpha value is -0.340. The van der Waals surface area contributed by atoms with Crippen molar-refractivity contribution in [2.45, 2.75) is 13.3 Å². The van der Waals surface area contributed by atoms with E-state index in [0.29, 0.717) is 5.15 Å². The average Bonchev–Trinajstić information content (AvgIpc) is 2.09. The molecule has 0 atom stereocenters. The maximum absolute atomic E-state index is 5.93. The summed E-state index contributed by atoms with van der Waals surface area (Å²) in [6.45, 7) is 1.93. The molecule has 0 radical (unpaired) electrons. The second-order valence-corrected chi connectivity index (χ2v) is 3.86. The third kappa shape index (κ3) is 3.49. The van der Waals surface area contributed by atoms with Crippen LogP contribution >= 0.6 is 27.5 Å². The largest absolute Gasteiger partial charge is 0.241 e. The molecule has 0 spiro atoms. The molecule has 0 amide bonds. The summed E-state index contributed by atoms with van der Waals surface area (Å²) in [5.41, 5.74) is 1.93. The highest BCUT2D eigenvalue weighted by molar-refractivity contribution is 9.09. The molecule has 0 aromatic carbocycles. The molecule has 1 heterocycles. The van der Waals surface area contributed by atoms with E-state index in [4.69, 9.17) is 11.6 Å². The first-order chi connectivity index (χ1) is 6.24. The zero-order valence-corrected chi connectivity index (χ0v) is 9.77. The number of pyridine rings is 1. The van der Waals surface area contributed by atoms with Gasteiger partial charge >= 0.3 is 0 Å². The van der Waals surface area contributed by atoms with E-state index in [1.807, 2.05) is 25.1 Å². The van der Waals surface area contributed by atoms with E-state index in [0.717, 1.165) is 23.0 Å². The van der Waals surface area contributed by atoms with E-state index in [2.05, 4.69) is 27.0 Å². The summed E-state index contributed by atoms with van der Waals surface area (Å²) in [6, 6.07) is 3.94. The molecule has 1 aromatic rings. The van der Waals surface area contributed by atoms with Gasteiger partial charge in [0.2, 0.25) is 0 Å². The molecule has 0 bridgehead atoms. The molecular formula is C10H11BrClN. The van der Waals surface area contributed by atoms with Crippen LogP contribution in [-0.4, -0.2) is 10.3 Å². The van der Waals surface area contributed by atoms with Crippen molar-refractivity contribution >= 4 is 33.6 Å². The number of alkyl halides is 1. The van der Waals surface area contributed by atoms with Crippen LogP contribution in [0.3, 0.4) is 0 Å². The summed E-state index contributed by atoms with van der Waals surface area (Å²) in [5.74, 6) is 0. The highest BCUT2D eigenvalue weighted by Crippen LogP contribution is 2.15. The van der Waals surface area contributed by atoms with Crippen LogP contribution in [0.1, 0.15) is 17.7 Å². The summed E-state index contributed by atoms with van der Waals surface area (Å²) < 4.78 is 0. The van der Waals surface area contributed by atoms with Crippen molar-refractivity contribution in [3.05, 3.63) is 34.6 Å². The minimum absolute atomic E-state index is 0.575. The Morgan fingerprint density at radius 1 is 1.54 bits per heavy atom. The molecule has 13 heavy (non-hydrogen) atoms. The molecule has 0 saturated heterocycles. The van der Waals surface area contributed by atoms with Gasteiger partial charge in [-0.1, -0.05) is 45.7 Å². The highest BCUT2D eigenvalue weighted by Gasteiger charge is 1.96. The second-order valence-electron chi connectivity index (χ2n) is 2.71. The summed E-state index contributed by atoms with van der Waals surface area (Å²) >= 11 is 9.29. The van der Waals surface area contributed by atoms with Gasteiger partial charge in [0.1, 0.15) is 5.15 Å². The van der Waals surface area contributed by atoms with Crippen LogP contribution in [0, 0.1) is 6.92 Å². The predicted octanol–water partition coefficient (Wildman–Crippen LogP) is 3.84. The van der Waals surface area contributed by atoms with Crippen LogP contribution < -0.4 is 0 Å². The second kappa shape index (κ2) is 5.40. The predicted molar refractivity (Wildman–Crippen MR) is 61.4 cm³/mol. The van der Waals surface area contributed by atoms with Crippen LogP contribution in [0.2, 0.25) is 5.15 Å². The quantitative estimate of drug-likeness (QED) is 0.594. The van der Waals surface area contributed by atoms with Crippen LogP contribution in [0.4, 0.5) is 0 Å². The van der Waals surface area contributed by atoms with Crippen molar-refractivity contribution in [3.8, 4) is 0 Å². The molecule has 0 fully saturated rings. The van der Waals surface area contributed by atoms with Crippen LogP contribution in [0.5, 0.6) is 0 Å². The third-order valence-electron chi connectivity index (χ3n) is 1.59.